The Morgan fingerprint density at radius 3 is 2.76 bits per heavy atom. The van der Waals surface area contributed by atoms with Crippen LogP contribution in [0.25, 0.3) is 16.8 Å². The first-order valence-electron chi connectivity index (χ1n) is 9.93. The number of halogens is 1. The van der Waals surface area contributed by atoms with Crippen LogP contribution in [-0.2, 0) is 23.0 Å². The van der Waals surface area contributed by atoms with Crippen LogP contribution in [0.4, 0.5) is 10.3 Å². The highest BCUT2D eigenvalue weighted by Gasteiger charge is 2.20. The largest absolute Gasteiger partial charge is 0.493 e. The van der Waals surface area contributed by atoms with Crippen molar-refractivity contribution >= 4 is 21.6 Å². The molecule has 33 heavy (non-hydrogen) atoms. The molecule has 11 heteroatoms. The molecule has 0 atom stereocenters. The number of fused-ring (bicyclic) bond motifs is 2. The van der Waals surface area contributed by atoms with Gasteiger partial charge in [-0.05, 0) is 29.8 Å². The number of primary sulfonamides is 1. The van der Waals surface area contributed by atoms with E-state index in [2.05, 4.69) is 15.3 Å². The van der Waals surface area contributed by atoms with E-state index in [1.54, 1.807) is 28.8 Å². The Kier molecular flexibility index (Phi) is 4.96. The fourth-order valence-electron chi connectivity index (χ4n) is 3.86. The van der Waals surface area contributed by atoms with Gasteiger partial charge in [0.15, 0.2) is 11.3 Å². The lowest BCUT2D eigenvalue weighted by molar-refractivity contribution is 0.356. The van der Waals surface area contributed by atoms with E-state index in [4.69, 9.17) is 9.88 Å². The second-order valence-electron chi connectivity index (χ2n) is 7.45. The molecule has 0 radical (unpaired) electrons. The van der Waals surface area contributed by atoms with E-state index in [1.165, 1.54) is 24.4 Å². The molecule has 1 aliphatic rings. The Morgan fingerprint density at radius 2 is 2.03 bits per heavy atom. The maximum absolute atomic E-state index is 14.5. The number of benzene rings is 2. The van der Waals surface area contributed by atoms with Crippen LogP contribution < -0.4 is 15.2 Å². The van der Waals surface area contributed by atoms with Crippen LogP contribution >= 0.6 is 0 Å². The van der Waals surface area contributed by atoms with Crippen LogP contribution in [0, 0.1) is 17.1 Å². The average molecular weight is 464 g/mol. The Labute approximate surface area is 188 Å². The summed E-state index contributed by atoms with van der Waals surface area (Å²) in [7, 11) is -3.82. The highest BCUT2D eigenvalue weighted by Crippen LogP contribution is 2.31. The predicted molar refractivity (Wildman–Crippen MR) is 117 cm³/mol. The second-order valence-corrected chi connectivity index (χ2v) is 9.01. The van der Waals surface area contributed by atoms with Gasteiger partial charge in [0.1, 0.15) is 17.6 Å². The van der Waals surface area contributed by atoms with E-state index >= 15 is 0 Å². The van der Waals surface area contributed by atoms with E-state index < -0.39 is 10.0 Å². The summed E-state index contributed by atoms with van der Waals surface area (Å²) < 4.78 is 44.7. The average Bonchev–Trinajstić information content (AvgIpc) is 3.45. The van der Waals surface area contributed by atoms with Gasteiger partial charge in [-0.3, -0.25) is 4.40 Å². The van der Waals surface area contributed by atoms with Crippen molar-refractivity contribution in [1.29, 1.82) is 5.26 Å². The normalized spacial score (nSPS) is 12.9. The third-order valence-electron chi connectivity index (χ3n) is 5.46. The molecule has 0 aliphatic carbocycles. The Hall–Kier alpha value is -4.01. The summed E-state index contributed by atoms with van der Waals surface area (Å²) in [6.45, 7) is 0.684. The fraction of sp³-hybridized carbons (Fsp3) is 0.136. The van der Waals surface area contributed by atoms with Gasteiger partial charge in [-0.25, -0.2) is 27.9 Å². The number of nitrogens with zero attached hydrogens (tertiary/aromatic N) is 4. The van der Waals surface area contributed by atoms with Crippen LogP contribution in [0.15, 0.2) is 53.7 Å². The molecule has 9 nitrogen and oxygen atoms in total. The van der Waals surface area contributed by atoms with Crippen molar-refractivity contribution in [3.8, 4) is 22.9 Å². The predicted octanol–water partition coefficient (Wildman–Crippen LogP) is 2.60. The van der Waals surface area contributed by atoms with Crippen LogP contribution in [0.5, 0.6) is 5.75 Å². The summed E-state index contributed by atoms with van der Waals surface area (Å²) in [6, 6.07) is 11.0. The molecule has 166 valence electrons. The number of nitrogens with one attached hydrogen (secondary N) is 1. The highest BCUT2D eigenvalue weighted by molar-refractivity contribution is 7.89. The number of ether oxygens (including phenoxy) is 1. The maximum Gasteiger partial charge on any atom is 0.238 e. The summed E-state index contributed by atoms with van der Waals surface area (Å²) in [5, 5.41) is 17.7. The summed E-state index contributed by atoms with van der Waals surface area (Å²) in [5.41, 5.74) is 3.17. The van der Waals surface area contributed by atoms with Gasteiger partial charge >= 0.3 is 0 Å². The van der Waals surface area contributed by atoms with Gasteiger partial charge in [0.2, 0.25) is 16.0 Å². The maximum atomic E-state index is 14.5. The van der Waals surface area contributed by atoms with E-state index in [9.17, 15) is 18.1 Å². The molecule has 2 aromatic carbocycles. The first kappa shape index (κ1) is 20.9. The topological polar surface area (TPSA) is 135 Å². The zero-order valence-electron chi connectivity index (χ0n) is 17.1. The van der Waals surface area contributed by atoms with E-state index in [-0.39, 0.29) is 23.0 Å². The SMILES string of the molecule is N#Cc1cn2c(NCc3c(F)ccc4c3CCO4)ncc(-c3ccc(S(N)(=O)=O)cc3)c2n1. The lowest BCUT2D eigenvalue weighted by Crippen LogP contribution is -2.11. The monoisotopic (exact) mass is 464 g/mol. The van der Waals surface area contributed by atoms with E-state index in [0.29, 0.717) is 47.1 Å². The number of imidazole rings is 1. The van der Waals surface area contributed by atoms with Crippen molar-refractivity contribution in [3.63, 3.8) is 0 Å². The molecule has 0 unspecified atom stereocenters. The third-order valence-corrected chi connectivity index (χ3v) is 6.39. The lowest BCUT2D eigenvalue weighted by Gasteiger charge is -2.13. The van der Waals surface area contributed by atoms with E-state index in [1.807, 2.05) is 6.07 Å². The number of hydrogen-bond acceptors (Lipinski definition) is 7. The van der Waals surface area contributed by atoms with Gasteiger partial charge in [-0.15, -0.1) is 0 Å². The fourth-order valence-corrected chi connectivity index (χ4v) is 4.38. The van der Waals surface area contributed by atoms with Crippen LogP contribution in [0.3, 0.4) is 0 Å². The molecule has 3 N–H and O–H groups in total. The zero-order chi connectivity index (χ0) is 23.2. The summed E-state index contributed by atoms with van der Waals surface area (Å²) in [5.74, 6) is 0.719. The third kappa shape index (κ3) is 3.75. The number of nitrogens with two attached hydrogens (primary N) is 1. The van der Waals surface area contributed by atoms with Crippen molar-refractivity contribution in [1.82, 2.24) is 14.4 Å². The van der Waals surface area contributed by atoms with Gasteiger partial charge in [-0.2, -0.15) is 5.26 Å². The van der Waals surface area contributed by atoms with Crippen LogP contribution in [0.2, 0.25) is 0 Å². The summed E-state index contributed by atoms with van der Waals surface area (Å²) in [4.78, 5) is 8.78. The molecule has 2 aromatic heterocycles. The van der Waals surface area contributed by atoms with Crippen molar-refractivity contribution in [2.45, 2.75) is 17.9 Å². The number of aromatic nitrogens is 3. The molecule has 4 aromatic rings. The van der Waals surface area contributed by atoms with Crippen LogP contribution in [0.1, 0.15) is 16.8 Å². The van der Waals surface area contributed by atoms with Gasteiger partial charge in [0.05, 0.1) is 17.7 Å². The molecule has 1 aliphatic heterocycles. The van der Waals surface area contributed by atoms with Gasteiger partial charge in [0, 0.05) is 35.9 Å². The lowest BCUT2D eigenvalue weighted by atomic mass is 10.0. The molecule has 0 amide bonds. The van der Waals surface area contributed by atoms with Gasteiger partial charge < -0.3 is 10.1 Å². The molecule has 0 saturated carbocycles. The number of hydrogen-bond donors (Lipinski definition) is 2. The van der Waals surface area contributed by atoms with Crippen molar-refractivity contribution in [2.75, 3.05) is 11.9 Å². The van der Waals surface area contributed by atoms with Crippen molar-refractivity contribution in [3.05, 3.63) is 71.4 Å². The molecule has 0 spiro atoms. The molecule has 0 bridgehead atoms. The summed E-state index contributed by atoms with van der Waals surface area (Å²) >= 11 is 0. The minimum Gasteiger partial charge on any atom is -0.493 e. The minimum atomic E-state index is -3.82. The highest BCUT2D eigenvalue weighted by atomic mass is 32.2. The summed E-state index contributed by atoms with van der Waals surface area (Å²) in [6.07, 6.45) is 3.72. The number of rotatable bonds is 5. The molecular weight excluding hydrogens is 447 g/mol. The minimum absolute atomic E-state index is 0.0176. The Balaban J connectivity index is 1.53. The molecule has 0 saturated heterocycles. The smallest absolute Gasteiger partial charge is 0.238 e. The number of anilines is 1. The van der Waals surface area contributed by atoms with Crippen molar-refractivity contribution in [2.24, 2.45) is 5.14 Å². The number of nitriles is 1. The van der Waals surface area contributed by atoms with Gasteiger partial charge in [0.25, 0.3) is 0 Å². The first-order valence-corrected chi connectivity index (χ1v) is 11.5. The molecule has 0 fully saturated rings. The molecule has 3 heterocycles. The zero-order valence-corrected chi connectivity index (χ0v) is 17.9. The van der Waals surface area contributed by atoms with Crippen LogP contribution in [-0.4, -0.2) is 29.4 Å². The van der Waals surface area contributed by atoms with Crippen molar-refractivity contribution < 1.29 is 17.5 Å². The quantitative estimate of drug-likeness (QED) is 0.463. The molecule has 5 rings (SSSR count). The Morgan fingerprint density at radius 1 is 1.24 bits per heavy atom. The Bertz CT molecular complexity index is 1540. The first-order chi connectivity index (χ1) is 15.8. The standard InChI is InChI=1S/C22H17FN6O3S/c23-19-5-6-20-16(7-8-32-20)18(19)11-27-22-26-10-17(21-28-14(9-24)12-29(21)22)13-1-3-15(4-2-13)33(25,30)31/h1-6,10,12H,7-8,11H2,(H,26,27)(H2,25,30,31). The van der Waals surface area contributed by atoms with E-state index in [0.717, 1.165) is 5.56 Å². The molecular formula is C22H17FN6O3S. The number of sulfonamides is 1. The van der Waals surface area contributed by atoms with Gasteiger partial charge in [-0.1, -0.05) is 12.1 Å². The second kappa shape index (κ2) is 7.84.